The smallest absolute Gasteiger partial charge is 0.234 e. The van der Waals surface area contributed by atoms with Crippen LogP contribution in [0.4, 0.5) is 14.5 Å². The topological polar surface area (TPSA) is 29.1 Å². The lowest BCUT2D eigenvalue weighted by Gasteiger charge is -2.56. The average molecular weight is 337 g/mol. The van der Waals surface area contributed by atoms with Crippen molar-refractivity contribution in [2.75, 3.05) is 11.1 Å². The van der Waals surface area contributed by atoms with Crippen LogP contribution in [0.25, 0.3) is 0 Å². The van der Waals surface area contributed by atoms with Gasteiger partial charge in [-0.15, -0.1) is 11.8 Å². The van der Waals surface area contributed by atoms with Gasteiger partial charge in [-0.1, -0.05) is 0 Å². The zero-order valence-corrected chi connectivity index (χ0v) is 13.8. The summed E-state index contributed by atoms with van der Waals surface area (Å²) in [7, 11) is 0. The molecule has 0 heterocycles. The molecule has 4 bridgehead atoms. The molecule has 0 atom stereocenters. The molecule has 4 saturated carbocycles. The molecule has 124 valence electrons. The summed E-state index contributed by atoms with van der Waals surface area (Å²) >= 11 is 1.74. The predicted octanol–water partition coefficient (Wildman–Crippen LogP) is 4.61. The highest BCUT2D eigenvalue weighted by atomic mass is 32.2. The number of nitrogens with one attached hydrogen (secondary N) is 1. The summed E-state index contributed by atoms with van der Waals surface area (Å²) in [4.78, 5) is 12.1. The molecule has 0 unspecified atom stereocenters. The largest absolute Gasteiger partial charge is 0.323 e. The van der Waals surface area contributed by atoms with E-state index < -0.39 is 11.6 Å². The highest BCUT2D eigenvalue weighted by Gasteiger charge is 2.51. The maximum Gasteiger partial charge on any atom is 0.234 e. The van der Waals surface area contributed by atoms with Crippen molar-refractivity contribution in [3.63, 3.8) is 0 Å². The van der Waals surface area contributed by atoms with E-state index in [4.69, 9.17) is 0 Å². The van der Waals surface area contributed by atoms with Gasteiger partial charge < -0.3 is 5.32 Å². The van der Waals surface area contributed by atoms with Crippen LogP contribution in [-0.4, -0.2) is 16.4 Å². The fourth-order valence-electron chi connectivity index (χ4n) is 5.21. The second-order valence-electron chi connectivity index (χ2n) is 7.56. The number of carbonyl (C=O) groups is 1. The zero-order chi connectivity index (χ0) is 16.0. The number of benzene rings is 1. The van der Waals surface area contributed by atoms with Crippen LogP contribution in [0.5, 0.6) is 0 Å². The molecule has 23 heavy (non-hydrogen) atoms. The number of amides is 1. The van der Waals surface area contributed by atoms with Crippen LogP contribution in [0.1, 0.15) is 38.5 Å². The molecule has 0 saturated heterocycles. The third-order valence-electron chi connectivity index (χ3n) is 5.69. The normalized spacial score (nSPS) is 34.6. The molecule has 0 radical (unpaired) electrons. The van der Waals surface area contributed by atoms with Gasteiger partial charge in [-0.3, -0.25) is 4.79 Å². The quantitative estimate of drug-likeness (QED) is 0.869. The first-order valence-electron chi connectivity index (χ1n) is 8.40. The summed E-state index contributed by atoms with van der Waals surface area (Å²) in [6.45, 7) is 0. The molecule has 4 aliphatic carbocycles. The van der Waals surface area contributed by atoms with Crippen molar-refractivity contribution in [1.82, 2.24) is 0 Å². The van der Waals surface area contributed by atoms with Crippen LogP contribution in [0.15, 0.2) is 18.2 Å². The van der Waals surface area contributed by atoms with Gasteiger partial charge in [-0.05, 0) is 68.4 Å². The van der Waals surface area contributed by atoms with Gasteiger partial charge in [0.15, 0.2) is 0 Å². The minimum Gasteiger partial charge on any atom is -0.323 e. The molecule has 5 heteroatoms. The number of hydrogen-bond donors (Lipinski definition) is 1. The van der Waals surface area contributed by atoms with E-state index in [1.807, 2.05) is 0 Å². The molecule has 1 N–H and O–H groups in total. The fourth-order valence-corrected chi connectivity index (χ4v) is 6.78. The molecule has 4 fully saturated rings. The Morgan fingerprint density at radius 1 is 1.13 bits per heavy atom. The van der Waals surface area contributed by atoms with Crippen LogP contribution in [-0.2, 0) is 4.79 Å². The van der Waals surface area contributed by atoms with Gasteiger partial charge in [0.2, 0.25) is 5.91 Å². The zero-order valence-electron chi connectivity index (χ0n) is 13.0. The van der Waals surface area contributed by atoms with Gasteiger partial charge in [0.05, 0.1) is 11.4 Å². The Hall–Kier alpha value is -1.10. The fraction of sp³-hybridized carbons (Fsp3) is 0.611. The van der Waals surface area contributed by atoms with Crippen LogP contribution in [0, 0.1) is 29.4 Å². The Balaban J connectivity index is 1.37. The highest BCUT2D eigenvalue weighted by molar-refractivity contribution is 8.01. The summed E-state index contributed by atoms with van der Waals surface area (Å²) < 4.78 is 27.0. The number of hydrogen-bond acceptors (Lipinski definition) is 2. The molecule has 0 aliphatic heterocycles. The van der Waals surface area contributed by atoms with Crippen LogP contribution >= 0.6 is 11.8 Å². The summed E-state index contributed by atoms with van der Waals surface area (Å²) in [5.41, 5.74) is -0.0684. The lowest BCUT2D eigenvalue weighted by Crippen LogP contribution is -2.49. The second kappa shape index (κ2) is 5.76. The number of rotatable bonds is 4. The van der Waals surface area contributed by atoms with Gasteiger partial charge in [-0.25, -0.2) is 8.78 Å². The van der Waals surface area contributed by atoms with Crippen molar-refractivity contribution in [2.45, 2.75) is 43.3 Å². The monoisotopic (exact) mass is 337 g/mol. The highest BCUT2D eigenvalue weighted by Crippen LogP contribution is 2.60. The van der Waals surface area contributed by atoms with E-state index in [2.05, 4.69) is 5.32 Å². The molecule has 0 spiro atoms. The Labute approximate surface area is 139 Å². The first-order valence-corrected chi connectivity index (χ1v) is 9.39. The number of carbonyl (C=O) groups excluding carboxylic acids is 1. The summed E-state index contributed by atoms with van der Waals surface area (Å²) in [6, 6.07) is 3.12. The molecular formula is C18H21F2NOS. The minimum atomic E-state index is -0.598. The summed E-state index contributed by atoms with van der Waals surface area (Å²) in [6.07, 6.45) is 7.81. The van der Waals surface area contributed by atoms with Gasteiger partial charge >= 0.3 is 0 Å². The molecule has 4 aliphatic rings. The van der Waals surface area contributed by atoms with Crippen molar-refractivity contribution in [2.24, 2.45) is 17.8 Å². The molecule has 1 amide bonds. The van der Waals surface area contributed by atoms with E-state index in [0.29, 0.717) is 5.75 Å². The van der Waals surface area contributed by atoms with E-state index >= 15 is 0 Å². The molecule has 2 nitrogen and oxygen atoms in total. The minimum absolute atomic E-state index is 0.0684. The molecule has 1 aromatic carbocycles. The van der Waals surface area contributed by atoms with Crippen LogP contribution < -0.4 is 5.32 Å². The van der Waals surface area contributed by atoms with Crippen molar-refractivity contribution in [3.05, 3.63) is 29.8 Å². The SMILES string of the molecule is O=C(CSC12CC3CC(CC(C3)C1)C2)Nc1cc(F)ccc1F. The standard InChI is InChI=1S/C18H21F2NOS/c19-14-1-2-15(20)16(6-14)21-17(22)10-23-18-7-11-3-12(8-18)5-13(4-11)9-18/h1-2,6,11-13H,3-5,7-10H2,(H,21,22). The van der Waals surface area contributed by atoms with Gasteiger partial charge in [0.25, 0.3) is 0 Å². The maximum atomic E-state index is 13.6. The van der Waals surface area contributed by atoms with Crippen molar-refractivity contribution < 1.29 is 13.6 Å². The second-order valence-corrected chi connectivity index (χ2v) is 9.00. The van der Waals surface area contributed by atoms with E-state index in [9.17, 15) is 13.6 Å². The summed E-state index contributed by atoms with van der Waals surface area (Å²) in [5, 5.41) is 2.51. The Bertz CT molecular complexity index is 598. The Morgan fingerprint density at radius 2 is 1.74 bits per heavy atom. The Kier molecular flexibility index (Phi) is 3.87. The average Bonchev–Trinajstić information content (AvgIpc) is 2.48. The molecule has 5 rings (SSSR count). The van der Waals surface area contributed by atoms with Gasteiger partial charge in [-0.2, -0.15) is 0 Å². The Morgan fingerprint density at radius 3 is 2.35 bits per heavy atom. The lowest BCUT2D eigenvalue weighted by atomic mass is 9.56. The molecule has 0 aromatic heterocycles. The predicted molar refractivity (Wildman–Crippen MR) is 88.3 cm³/mol. The van der Waals surface area contributed by atoms with Crippen LogP contribution in [0.3, 0.4) is 0 Å². The number of anilines is 1. The van der Waals surface area contributed by atoms with Crippen LogP contribution in [0.2, 0.25) is 0 Å². The third kappa shape index (κ3) is 3.12. The van der Waals surface area contributed by atoms with Crippen molar-refractivity contribution in [1.29, 1.82) is 0 Å². The maximum absolute atomic E-state index is 13.6. The number of halogens is 2. The van der Waals surface area contributed by atoms with Crippen molar-refractivity contribution in [3.8, 4) is 0 Å². The first-order chi connectivity index (χ1) is 11.0. The summed E-state index contributed by atoms with van der Waals surface area (Å²) in [5.74, 6) is 1.47. The van der Waals surface area contributed by atoms with E-state index in [0.717, 1.165) is 36.0 Å². The van der Waals surface area contributed by atoms with E-state index in [-0.39, 0.29) is 16.3 Å². The van der Waals surface area contributed by atoms with E-state index in [1.165, 1.54) is 38.5 Å². The van der Waals surface area contributed by atoms with E-state index in [1.54, 1.807) is 11.8 Å². The van der Waals surface area contributed by atoms with Crippen molar-refractivity contribution >= 4 is 23.4 Å². The molecular weight excluding hydrogens is 316 g/mol. The molecule has 1 aromatic rings. The van der Waals surface area contributed by atoms with Gasteiger partial charge in [0.1, 0.15) is 11.6 Å². The first kappa shape index (κ1) is 15.4. The lowest BCUT2D eigenvalue weighted by molar-refractivity contribution is -0.113. The number of thioether (sulfide) groups is 1. The third-order valence-corrected chi connectivity index (χ3v) is 7.21. The van der Waals surface area contributed by atoms with Gasteiger partial charge in [0, 0.05) is 10.8 Å².